The Morgan fingerprint density at radius 3 is 2.00 bits per heavy atom. The highest BCUT2D eigenvalue weighted by molar-refractivity contribution is 7.92. The van der Waals surface area contributed by atoms with E-state index >= 15 is 0 Å². The topological polar surface area (TPSA) is 146 Å². The fraction of sp³-hybridized carbons (Fsp3) is 0.242. The summed E-state index contributed by atoms with van der Waals surface area (Å²) in [5.41, 5.74) is 7.88. The molecule has 0 aromatic heterocycles. The number of amides is 2. The summed E-state index contributed by atoms with van der Waals surface area (Å²) in [5.74, 6) is 0.210. The van der Waals surface area contributed by atoms with Crippen molar-refractivity contribution < 1.29 is 22.7 Å². The largest absolute Gasteiger partial charge is 0.444 e. The summed E-state index contributed by atoms with van der Waals surface area (Å²) in [6.07, 6.45) is 2.59. The van der Waals surface area contributed by atoms with Crippen LogP contribution in [-0.4, -0.2) is 67.7 Å². The average molecular weight is 631 g/mol. The molecule has 0 saturated carbocycles. The minimum atomic E-state index is -3.72. The van der Waals surface area contributed by atoms with E-state index in [0.717, 1.165) is 0 Å². The Balaban J connectivity index is 1.35. The van der Waals surface area contributed by atoms with Gasteiger partial charge < -0.3 is 25.6 Å². The first-order valence-electron chi connectivity index (χ1n) is 14.3. The van der Waals surface area contributed by atoms with Crippen molar-refractivity contribution in [2.75, 3.05) is 36.2 Å². The number of sulfonamides is 1. The zero-order chi connectivity index (χ0) is 32.6. The number of nitrogens with one attached hydrogen (secondary N) is 2. The van der Waals surface area contributed by atoms with E-state index in [1.807, 2.05) is 20.8 Å². The molecule has 4 rings (SSSR count). The molecule has 1 aliphatic heterocycles. The first-order chi connectivity index (χ1) is 21.3. The van der Waals surface area contributed by atoms with Crippen LogP contribution in [0.15, 0.2) is 113 Å². The minimum absolute atomic E-state index is 0.118. The molecule has 1 heterocycles. The molecule has 236 valence electrons. The lowest BCUT2D eigenvalue weighted by Crippen LogP contribution is -2.51. The predicted octanol–water partition coefficient (Wildman–Crippen LogP) is 5.03. The fourth-order valence-corrected chi connectivity index (χ4v) is 5.53. The van der Waals surface area contributed by atoms with Gasteiger partial charge >= 0.3 is 6.09 Å². The number of allylic oxidation sites excluding steroid dienone is 1. The van der Waals surface area contributed by atoms with Gasteiger partial charge in [-0.1, -0.05) is 36.9 Å². The fourth-order valence-electron chi connectivity index (χ4n) is 4.45. The van der Waals surface area contributed by atoms with Crippen molar-refractivity contribution >= 4 is 39.1 Å². The van der Waals surface area contributed by atoms with Crippen LogP contribution in [0.1, 0.15) is 36.7 Å². The standard InChI is InChI=1S/C33H38N6O5S/c1-24(36-30(18-19-34)25-10-16-28(17-11-25)37-45(42,43)29-8-6-5-7-9-29)35-27-14-12-26(13-15-27)31(40)38-20-22-39(23-21-38)32(41)44-33(2,3)4/h5-19,35,37H,1,20-23,34H2,2-4H3/b19-18-,36-30?. The highest BCUT2D eigenvalue weighted by Crippen LogP contribution is 2.19. The monoisotopic (exact) mass is 630 g/mol. The van der Waals surface area contributed by atoms with Crippen molar-refractivity contribution in [1.82, 2.24) is 9.80 Å². The quantitative estimate of drug-likeness (QED) is 0.281. The first-order valence-corrected chi connectivity index (χ1v) is 15.8. The van der Waals surface area contributed by atoms with Crippen molar-refractivity contribution in [2.24, 2.45) is 10.7 Å². The normalized spacial score (nSPS) is 14.2. The number of rotatable bonds is 9. The second-order valence-electron chi connectivity index (χ2n) is 11.3. The van der Waals surface area contributed by atoms with Crippen molar-refractivity contribution in [3.8, 4) is 0 Å². The van der Waals surface area contributed by atoms with E-state index in [-0.39, 0.29) is 16.9 Å². The lowest BCUT2D eigenvalue weighted by atomic mass is 10.1. The van der Waals surface area contributed by atoms with Gasteiger partial charge in [-0.2, -0.15) is 0 Å². The maximum atomic E-state index is 13.1. The molecule has 0 atom stereocenters. The zero-order valence-corrected chi connectivity index (χ0v) is 26.4. The van der Waals surface area contributed by atoms with Crippen molar-refractivity contribution in [3.05, 3.63) is 115 Å². The number of ether oxygens (including phenoxy) is 1. The molecule has 11 nitrogen and oxygen atoms in total. The number of carbonyl (C=O) groups excluding carboxylic acids is 2. The number of hydrogen-bond donors (Lipinski definition) is 3. The number of nitrogens with zero attached hydrogens (tertiary/aromatic N) is 3. The van der Waals surface area contributed by atoms with Gasteiger partial charge in [0.1, 0.15) is 11.4 Å². The molecular weight excluding hydrogens is 592 g/mol. The van der Waals surface area contributed by atoms with Gasteiger partial charge in [0.2, 0.25) is 0 Å². The smallest absolute Gasteiger partial charge is 0.410 e. The van der Waals surface area contributed by atoms with E-state index in [2.05, 4.69) is 21.6 Å². The highest BCUT2D eigenvalue weighted by atomic mass is 32.2. The zero-order valence-electron chi connectivity index (χ0n) is 25.6. The number of anilines is 2. The van der Waals surface area contributed by atoms with E-state index in [1.165, 1.54) is 18.3 Å². The van der Waals surface area contributed by atoms with Crippen LogP contribution in [0.5, 0.6) is 0 Å². The molecule has 45 heavy (non-hydrogen) atoms. The van der Waals surface area contributed by atoms with Crippen LogP contribution < -0.4 is 15.8 Å². The Kier molecular flexibility index (Phi) is 10.3. The third-order valence-corrected chi connectivity index (χ3v) is 8.03. The van der Waals surface area contributed by atoms with Crippen LogP contribution >= 0.6 is 0 Å². The molecule has 4 N–H and O–H groups in total. The summed E-state index contributed by atoms with van der Waals surface area (Å²) >= 11 is 0. The van der Waals surface area contributed by atoms with Crippen molar-refractivity contribution in [1.29, 1.82) is 0 Å². The predicted molar refractivity (Wildman–Crippen MR) is 176 cm³/mol. The van der Waals surface area contributed by atoms with Gasteiger partial charge in [-0.05, 0) is 81.6 Å². The van der Waals surface area contributed by atoms with E-state index in [4.69, 9.17) is 10.5 Å². The number of hydrogen-bond acceptors (Lipinski definition) is 8. The Labute approximate surface area is 264 Å². The lowest BCUT2D eigenvalue weighted by molar-refractivity contribution is 0.0141. The third-order valence-electron chi connectivity index (χ3n) is 6.63. The van der Waals surface area contributed by atoms with Gasteiger partial charge in [-0.3, -0.25) is 9.52 Å². The lowest BCUT2D eigenvalue weighted by Gasteiger charge is -2.35. The molecule has 1 saturated heterocycles. The molecule has 3 aromatic carbocycles. The van der Waals surface area contributed by atoms with Crippen LogP contribution in [0, 0.1) is 0 Å². The maximum Gasteiger partial charge on any atom is 0.410 e. The summed E-state index contributed by atoms with van der Waals surface area (Å²) in [7, 11) is -3.72. The van der Waals surface area contributed by atoms with E-state index in [1.54, 1.807) is 82.6 Å². The Bertz CT molecular complexity index is 1670. The third kappa shape index (κ3) is 9.19. The summed E-state index contributed by atoms with van der Waals surface area (Å²) in [4.78, 5) is 33.4. The summed E-state index contributed by atoms with van der Waals surface area (Å²) in [6.45, 7) is 11.1. The molecule has 1 aliphatic rings. The number of piperazine rings is 1. The molecule has 1 fully saturated rings. The molecule has 2 amide bonds. The van der Waals surface area contributed by atoms with Gasteiger partial charge in [0.15, 0.2) is 0 Å². The number of nitrogens with two attached hydrogens (primary N) is 1. The van der Waals surface area contributed by atoms with Crippen molar-refractivity contribution in [3.63, 3.8) is 0 Å². The first kappa shape index (κ1) is 32.8. The molecule has 0 aliphatic carbocycles. The van der Waals surface area contributed by atoms with Gasteiger partial charge in [-0.25, -0.2) is 18.2 Å². The summed E-state index contributed by atoms with van der Waals surface area (Å²) in [6, 6.07) is 21.8. The van der Waals surface area contributed by atoms with Crippen LogP contribution in [0.2, 0.25) is 0 Å². The Hall–Kier alpha value is -5.10. The van der Waals surface area contributed by atoms with E-state index in [9.17, 15) is 18.0 Å². The summed E-state index contributed by atoms with van der Waals surface area (Å²) in [5, 5.41) is 3.11. The van der Waals surface area contributed by atoms with Gasteiger partial charge in [0, 0.05) is 48.7 Å². The molecule has 12 heteroatoms. The average Bonchev–Trinajstić information content (AvgIpc) is 3.01. The molecule has 0 bridgehead atoms. The van der Waals surface area contributed by atoms with Gasteiger partial charge in [0.25, 0.3) is 15.9 Å². The van der Waals surface area contributed by atoms with E-state index < -0.39 is 15.6 Å². The Morgan fingerprint density at radius 2 is 1.42 bits per heavy atom. The van der Waals surface area contributed by atoms with Crippen LogP contribution in [-0.2, 0) is 14.8 Å². The number of aliphatic imine (C=N–C) groups is 1. The van der Waals surface area contributed by atoms with Crippen LogP contribution in [0.25, 0.3) is 0 Å². The second-order valence-corrected chi connectivity index (χ2v) is 12.9. The maximum absolute atomic E-state index is 13.1. The number of carbonyl (C=O) groups is 2. The molecular formula is C33H38N6O5S. The van der Waals surface area contributed by atoms with Crippen molar-refractivity contribution in [2.45, 2.75) is 31.3 Å². The summed E-state index contributed by atoms with van der Waals surface area (Å²) < 4.78 is 33.3. The van der Waals surface area contributed by atoms with Gasteiger partial charge in [-0.15, -0.1) is 0 Å². The minimum Gasteiger partial charge on any atom is -0.444 e. The van der Waals surface area contributed by atoms with E-state index in [0.29, 0.717) is 60.2 Å². The van der Waals surface area contributed by atoms with Crippen LogP contribution in [0.4, 0.5) is 16.2 Å². The molecule has 0 radical (unpaired) electrons. The highest BCUT2D eigenvalue weighted by Gasteiger charge is 2.28. The van der Waals surface area contributed by atoms with Crippen LogP contribution in [0.3, 0.4) is 0 Å². The second kappa shape index (κ2) is 14.1. The SMILES string of the molecule is C=C(N=C(/C=C\N)c1ccc(NS(=O)(=O)c2ccccc2)cc1)Nc1ccc(C(=O)N2CCN(C(=O)OC(C)(C)C)CC2)cc1. The molecule has 0 unspecified atom stereocenters. The number of benzene rings is 3. The van der Waals surface area contributed by atoms with Gasteiger partial charge in [0.05, 0.1) is 10.6 Å². The molecule has 3 aromatic rings. The molecule has 0 spiro atoms. The Morgan fingerprint density at radius 1 is 0.867 bits per heavy atom.